The van der Waals surface area contributed by atoms with Crippen LogP contribution < -0.4 is 0 Å². The largest absolute Gasteiger partial charge is 0.396 e. The van der Waals surface area contributed by atoms with Crippen LogP contribution >= 0.6 is 0 Å². The van der Waals surface area contributed by atoms with Crippen molar-refractivity contribution in [3.05, 3.63) is 24.3 Å². The second-order valence-electron chi connectivity index (χ2n) is 2.07. The summed E-state index contributed by atoms with van der Waals surface area (Å²) in [5.41, 5.74) is 0. The van der Waals surface area contributed by atoms with Gasteiger partial charge < -0.3 is 5.11 Å². The van der Waals surface area contributed by atoms with Crippen molar-refractivity contribution in [1.29, 1.82) is 0 Å². The predicted octanol–water partition coefficient (Wildman–Crippen LogP) is 1.75. The Hall–Kier alpha value is -0.560. The third kappa shape index (κ3) is 5.31. The van der Waals surface area contributed by atoms with Crippen LogP contribution in [-0.2, 0) is 0 Å². The molecule has 0 aliphatic rings. The van der Waals surface area contributed by atoms with E-state index in [2.05, 4.69) is 0 Å². The van der Waals surface area contributed by atoms with Crippen molar-refractivity contribution in [3.63, 3.8) is 0 Å². The van der Waals surface area contributed by atoms with Crippen LogP contribution in [0.3, 0.4) is 0 Å². The average molecular weight is 126 g/mol. The van der Waals surface area contributed by atoms with Crippen molar-refractivity contribution in [2.75, 3.05) is 6.61 Å². The van der Waals surface area contributed by atoms with Crippen LogP contribution in [-0.4, -0.2) is 11.7 Å². The lowest BCUT2D eigenvalue weighted by atomic mass is 10.2. The van der Waals surface area contributed by atoms with E-state index in [9.17, 15) is 0 Å². The van der Waals surface area contributed by atoms with Crippen molar-refractivity contribution in [2.45, 2.75) is 13.8 Å². The van der Waals surface area contributed by atoms with Gasteiger partial charge in [0.15, 0.2) is 0 Å². The maximum absolute atomic E-state index is 8.56. The van der Waals surface area contributed by atoms with Gasteiger partial charge >= 0.3 is 0 Å². The van der Waals surface area contributed by atoms with Crippen LogP contribution in [0.2, 0.25) is 0 Å². The highest BCUT2D eigenvalue weighted by molar-refractivity contribution is 5.02. The maximum atomic E-state index is 8.56. The molecule has 0 unspecified atom stereocenters. The van der Waals surface area contributed by atoms with E-state index in [1.54, 1.807) is 0 Å². The maximum Gasteiger partial charge on any atom is 0.0491 e. The Labute approximate surface area is 56.7 Å². The summed E-state index contributed by atoms with van der Waals surface area (Å²) in [7, 11) is 0. The first-order valence-electron chi connectivity index (χ1n) is 3.21. The Kier molecular flexibility index (Phi) is 5.23. The highest BCUT2D eigenvalue weighted by Gasteiger charge is 1.88. The van der Waals surface area contributed by atoms with Crippen LogP contribution in [0.5, 0.6) is 0 Å². The van der Waals surface area contributed by atoms with E-state index in [0.717, 1.165) is 0 Å². The third-order valence-corrected chi connectivity index (χ3v) is 1.03. The van der Waals surface area contributed by atoms with Crippen LogP contribution in [0.25, 0.3) is 0 Å². The minimum atomic E-state index is 0.230. The van der Waals surface area contributed by atoms with Gasteiger partial charge in [-0.15, -0.1) is 0 Å². The molecule has 0 saturated heterocycles. The molecule has 0 aliphatic carbocycles. The van der Waals surface area contributed by atoms with E-state index < -0.39 is 0 Å². The third-order valence-electron chi connectivity index (χ3n) is 1.03. The van der Waals surface area contributed by atoms with Crippen LogP contribution in [0.1, 0.15) is 13.8 Å². The molecular weight excluding hydrogens is 112 g/mol. The van der Waals surface area contributed by atoms with Gasteiger partial charge in [-0.05, 0) is 12.8 Å². The van der Waals surface area contributed by atoms with Gasteiger partial charge in [-0.1, -0.05) is 31.2 Å². The SMILES string of the molecule is C/C=C/C=C/[C@@H](C)CO. The van der Waals surface area contributed by atoms with E-state index in [1.165, 1.54) is 0 Å². The molecule has 0 spiro atoms. The normalized spacial score (nSPS) is 15.4. The van der Waals surface area contributed by atoms with Gasteiger partial charge in [0.05, 0.1) is 0 Å². The van der Waals surface area contributed by atoms with Gasteiger partial charge in [0.25, 0.3) is 0 Å². The second kappa shape index (κ2) is 5.57. The second-order valence-corrected chi connectivity index (χ2v) is 2.07. The fourth-order valence-corrected chi connectivity index (χ4v) is 0.426. The lowest BCUT2D eigenvalue weighted by Crippen LogP contribution is -1.94. The standard InChI is InChI=1S/C8H14O/c1-3-4-5-6-8(2)7-9/h3-6,8-9H,7H2,1-2H3/b4-3+,6-5+/t8-/m1/s1. The van der Waals surface area contributed by atoms with Gasteiger partial charge in [0, 0.05) is 6.61 Å². The lowest BCUT2D eigenvalue weighted by Gasteiger charge is -1.95. The van der Waals surface area contributed by atoms with Gasteiger partial charge in [0.2, 0.25) is 0 Å². The van der Waals surface area contributed by atoms with Crippen LogP contribution in [0, 0.1) is 5.92 Å². The fraction of sp³-hybridized carbons (Fsp3) is 0.500. The quantitative estimate of drug-likeness (QED) is 0.571. The molecule has 0 aliphatic heterocycles. The summed E-state index contributed by atoms with van der Waals surface area (Å²) in [6, 6.07) is 0. The first kappa shape index (κ1) is 8.44. The first-order valence-corrected chi connectivity index (χ1v) is 3.21. The number of aliphatic hydroxyl groups excluding tert-OH is 1. The molecule has 1 heteroatoms. The molecule has 0 radical (unpaired) electrons. The number of aliphatic hydroxyl groups is 1. The Morgan fingerprint density at radius 1 is 1.44 bits per heavy atom. The Morgan fingerprint density at radius 3 is 2.56 bits per heavy atom. The number of hydrogen-bond donors (Lipinski definition) is 1. The monoisotopic (exact) mass is 126 g/mol. The van der Waals surface area contributed by atoms with Crippen LogP contribution in [0.15, 0.2) is 24.3 Å². The molecule has 0 rings (SSSR count). The zero-order valence-corrected chi connectivity index (χ0v) is 6.04. The molecular formula is C8H14O. The fourth-order valence-electron chi connectivity index (χ4n) is 0.426. The predicted molar refractivity (Wildman–Crippen MR) is 40.2 cm³/mol. The minimum Gasteiger partial charge on any atom is -0.396 e. The van der Waals surface area contributed by atoms with E-state index in [1.807, 2.05) is 38.2 Å². The molecule has 0 amide bonds. The van der Waals surface area contributed by atoms with Crippen molar-refractivity contribution < 1.29 is 5.11 Å². The Bertz CT molecular complexity index is 103. The number of allylic oxidation sites excluding steroid dienone is 3. The van der Waals surface area contributed by atoms with Crippen LogP contribution in [0.4, 0.5) is 0 Å². The topological polar surface area (TPSA) is 20.2 Å². The molecule has 0 saturated carbocycles. The molecule has 0 fully saturated rings. The molecule has 52 valence electrons. The van der Waals surface area contributed by atoms with Crippen molar-refractivity contribution in [3.8, 4) is 0 Å². The Morgan fingerprint density at radius 2 is 2.11 bits per heavy atom. The molecule has 9 heavy (non-hydrogen) atoms. The average Bonchev–Trinajstić information content (AvgIpc) is 1.89. The van der Waals surface area contributed by atoms with Gasteiger partial charge in [-0.25, -0.2) is 0 Å². The summed E-state index contributed by atoms with van der Waals surface area (Å²) in [5.74, 6) is 0.279. The number of hydrogen-bond acceptors (Lipinski definition) is 1. The van der Waals surface area contributed by atoms with Gasteiger partial charge in [-0.3, -0.25) is 0 Å². The molecule has 1 nitrogen and oxygen atoms in total. The summed E-state index contributed by atoms with van der Waals surface area (Å²) < 4.78 is 0. The first-order chi connectivity index (χ1) is 4.31. The molecule has 0 bridgehead atoms. The highest BCUT2D eigenvalue weighted by atomic mass is 16.3. The molecule has 1 atom stereocenters. The highest BCUT2D eigenvalue weighted by Crippen LogP contribution is 1.93. The van der Waals surface area contributed by atoms with E-state index >= 15 is 0 Å². The van der Waals surface area contributed by atoms with E-state index in [4.69, 9.17) is 5.11 Å². The summed E-state index contributed by atoms with van der Waals surface area (Å²) in [6.07, 6.45) is 7.83. The summed E-state index contributed by atoms with van der Waals surface area (Å²) >= 11 is 0. The lowest BCUT2D eigenvalue weighted by molar-refractivity contribution is 0.262. The molecule has 0 heterocycles. The zero-order chi connectivity index (χ0) is 7.11. The summed E-state index contributed by atoms with van der Waals surface area (Å²) in [5, 5.41) is 8.56. The molecule has 1 N–H and O–H groups in total. The van der Waals surface area contributed by atoms with Crippen molar-refractivity contribution in [2.24, 2.45) is 5.92 Å². The Balaban J connectivity index is 3.43. The van der Waals surface area contributed by atoms with Crippen molar-refractivity contribution in [1.82, 2.24) is 0 Å². The smallest absolute Gasteiger partial charge is 0.0491 e. The van der Waals surface area contributed by atoms with Gasteiger partial charge in [0.1, 0.15) is 0 Å². The summed E-state index contributed by atoms with van der Waals surface area (Å²) in [6.45, 7) is 4.17. The number of rotatable bonds is 3. The minimum absolute atomic E-state index is 0.230. The molecule has 0 aromatic carbocycles. The van der Waals surface area contributed by atoms with Gasteiger partial charge in [-0.2, -0.15) is 0 Å². The van der Waals surface area contributed by atoms with Crippen molar-refractivity contribution >= 4 is 0 Å². The molecule has 0 aromatic rings. The molecule has 0 aromatic heterocycles. The summed E-state index contributed by atoms with van der Waals surface area (Å²) in [4.78, 5) is 0. The van der Waals surface area contributed by atoms with E-state index in [-0.39, 0.29) is 12.5 Å². The van der Waals surface area contributed by atoms with E-state index in [0.29, 0.717) is 0 Å². The zero-order valence-electron chi connectivity index (χ0n) is 6.04.